The van der Waals surface area contributed by atoms with Crippen molar-refractivity contribution in [1.82, 2.24) is 9.88 Å². The number of rotatable bonds is 8. The molecule has 1 aliphatic heterocycles. The third-order valence-electron chi connectivity index (χ3n) is 7.18. The molecule has 2 aliphatic rings. The van der Waals surface area contributed by atoms with Gasteiger partial charge in [0, 0.05) is 24.5 Å². The number of benzene rings is 1. The van der Waals surface area contributed by atoms with Gasteiger partial charge in [0.25, 0.3) is 0 Å². The third kappa shape index (κ3) is 5.08. The average Bonchev–Trinajstić information content (AvgIpc) is 3.38. The highest BCUT2D eigenvalue weighted by molar-refractivity contribution is 5.34. The SMILES string of the molecule is N#Cc1ccc(OCCCN2CCC(C(O)(c3cccnc3)C3CCCC3)CC2)cc1. The monoisotopic (exact) mass is 419 g/mol. The van der Waals surface area contributed by atoms with E-state index in [-0.39, 0.29) is 0 Å². The largest absolute Gasteiger partial charge is 0.494 e. The molecule has 0 bridgehead atoms. The van der Waals surface area contributed by atoms with Crippen molar-refractivity contribution < 1.29 is 9.84 Å². The minimum absolute atomic E-state index is 0.297. The summed E-state index contributed by atoms with van der Waals surface area (Å²) in [7, 11) is 0. The van der Waals surface area contributed by atoms with Crippen LogP contribution in [0.5, 0.6) is 5.75 Å². The lowest BCUT2D eigenvalue weighted by atomic mass is 9.68. The predicted molar refractivity (Wildman–Crippen MR) is 121 cm³/mol. The molecule has 1 N–H and O–H groups in total. The van der Waals surface area contributed by atoms with Crippen LogP contribution in [0.4, 0.5) is 0 Å². The molecule has 0 spiro atoms. The van der Waals surface area contributed by atoms with Crippen molar-refractivity contribution in [3.8, 4) is 11.8 Å². The first-order valence-electron chi connectivity index (χ1n) is 11.7. The maximum atomic E-state index is 12.0. The molecule has 2 fully saturated rings. The topological polar surface area (TPSA) is 69.4 Å². The molecule has 164 valence electrons. The Balaban J connectivity index is 1.27. The first kappa shape index (κ1) is 21.8. The molecule has 1 aliphatic carbocycles. The van der Waals surface area contributed by atoms with Gasteiger partial charge in [-0.3, -0.25) is 4.98 Å². The van der Waals surface area contributed by atoms with Crippen molar-refractivity contribution in [2.45, 2.75) is 50.5 Å². The fourth-order valence-electron chi connectivity index (χ4n) is 5.47. The van der Waals surface area contributed by atoms with Crippen LogP contribution in [-0.4, -0.2) is 41.2 Å². The first-order chi connectivity index (χ1) is 15.2. The number of pyridine rings is 1. The van der Waals surface area contributed by atoms with E-state index in [1.54, 1.807) is 18.3 Å². The van der Waals surface area contributed by atoms with Gasteiger partial charge in [-0.05, 0) is 87.4 Å². The number of hydrogen-bond donors (Lipinski definition) is 1. The highest BCUT2D eigenvalue weighted by atomic mass is 16.5. The zero-order chi connectivity index (χ0) is 21.5. The summed E-state index contributed by atoms with van der Waals surface area (Å²) in [6.07, 6.45) is 11.4. The van der Waals surface area contributed by atoms with Gasteiger partial charge in [0.2, 0.25) is 0 Å². The van der Waals surface area contributed by atoms with Gasteiger partial charge in [0.1, 0.15) is 5.75 Å². The normalized spacial score (nSPS) is 20.3. The molecule has 1 unspecified atom stereocenters. The number of aromatic nitrogens is 1. The van der Waals surface area contributed by atoms with Gasteiger partial charge >= 0.3 is 0 Å². The summed E-state index contributed by atoms with van der Waals surface area (Å²) in [4.78, 5) is 6.81. The van der Waals surface area contributed by atoms with Crippen LogP contribution in [0.3, 0.4) is 0 Å². The van der Waals surface area contributed by atoms with E-state index in [1.807, 2.05) is 24.4 Å². The quantitative estimate of drug-likeness (QED) is 0.638. The number of nitrogens with zero attached hydrogens (tertiary/aromatic N) is 3. The van der Waals surface area contributed by atoms with Crippen LogP contribution in [-0.2, 0) is 5.60 Å². The van der Waals surface area contributed by atoms with Crippen LogP contribution in [0.2, 0.25) is 0 Å². The number of ether oxygens (including phenoxy) is 1. The van der Waals surface area contributed by atoms with Crippen LogP contribution >= 0.6 is 0 Å². The third-order valence-corrected chi connectivity index (χ3v) is 7.18. The Kier molecular flexibility index (Phi) is 7.21. The second kappa shape index (κ2) is 10.3. The molecule has 1 saturated carbocycles. The van der Waals surface area contributed by atoms with Crippen LogP contribution < -0.4 is 4.74 Å². The minimum atomic E-state index is -0.741. The summed E-state index contributed by atoms with van der Waals surface area (Å²) in [5.74, 6) is 1.47. The smallest absolute Gasteiger partial charge is 0.119 e. The van der Waals surface area contributed by atoms with Crippen LogP contribution in [0.1, 0.15) is 56.1 Å². The maximum absolute atomic E-state index is 12.0. The molecular weight excluding hydrogens is 386 g/mol. The molecule has 1 aromatic heterocycles. The highest BCUT2D eigenvalue weighted by Crippen LogP contribution is 2.48. The fourth-order valence-corrected chi connectivity index (χ4v) is 5.47. The van der Waals surface area contributed by atoms with Crippen molar-refractivity contribution in [2.75, 3.05) is 26.2 Å². The molecule has 5 heteroatoms. The van der Waals surface area contributed by atoms with E-state index in [4.69, 9.17) is 10.00 Å². The molecule has 2 heterocycles. The Bertz CT molecular complexity index is 850. The summed E-state index contributed by atoms with van der Waals surface area (Å²) in [5.41, 5.74) is 0.922. The highest BCUT2D eigenvalue weighted by Gasteiger charge is 2.46. The van der Waals surface area contributed by atoms with Gasteiger partial charge in [0.15, 0.2) is 0 Å². The lowest BCUT2D eigenvalue weighted by Gasteiger charge is -2.45. The zero-order valence-electron chi connectivity index (χ0n) is 18.2. The molecule has 0 radical (unpaired) electrons. The van der Waals surface area contributed by atoms with Crippen LogP contribution in [0.15, 0.2) is 48.8 Å². The summed E-state index contributed by atoms with van der Waals surface area (Å²) >= 11 is 0. The molecular formula is C26H33N3O2. The van der Waals surface area contributed by atoms with E-state index in [0.717, 1.165) is 63.1 Å². The summed E-state index contributed by atoms with van der Waals surface area (Å²) in [6, 6.07) is 13.4. The van der Waals surface area contributed by atoms with E-state index in [2.05, 4.69) is 22.0 Å². The van der Waals surface area contributed by atoms with Gasteiger partial charge in [-0.25, -0.2) is 0 Å². The lowest BCUT2D eigenvalue weighted by molar-refractivity contribution is -0.0936. The number of aliphatic hydroxyl groups is 1. The van der Waals surface area contributed by atoms with Crippen LogP contribution in [0.25, 0.3) is 0 Å². The minimum Gasteiger partial charge on any atom is -0.494 e. The fraction of sp³-hybridized carbons (Fsp3) is 0.538. The number of nitriles is 1. The molecule has 31 heavy (non-hydrogen) atoms. The second-order valence-electron chi connectivity index (χ2n) is 9.00. The standard InChI is InChI=1S/C26H33N3O2/c27-19-21-8-10-25(11-9-21)31-18-4-15-29-16-12-23(13-17-29)26(30,22-5-1-2-6-22)24-7-3-14-28-20-24/h3,7-11,14,20,22-23,30H,1-2,4-6,12-13,15-18H2. The molecule has 1 aromatic carbocycles. The van der Waals surface area contributed by atoms with Gasteiger partial charge in [-0.2, -0.15) is 5.26 Å². The van der Waals surface area contributed by atoms with Crippen molar-refractivity contribution in [3.05, 3.63) is 59.9 Å². The molecule has 5 nitrogen and oxygen atoms in total. The van der Waals surface area contributed by atoms with Crippen molar-refractivity contribution in [2.24, 2.45) is 11.8 Å². The van der Waals surface area contributed by atoms with Crippen molar-refractivity contribution in [1.29, 1.82) is 5.26 Å². The van der Waals surface area contributed by atoms with Gasteiger partial charge in [0.05, 0.1) is 23.8 Å². The van der Waals surface area contributed by atoms with Crippen molar-refractivity contribution in [3.63, 3.8) is 0 Å². The van der Waals surface area contributed by atoms with Gasteiger partial charge < -0.3 is 14.7 Å². The second-order valence-corrected chi connectivity index (χ2v) is 9.00. The molecule has 2 aromatic rings. The van der Waals surface area contributed by atoms with E-state index < -0.39 is 5.60 Å². The molecule has 4 rings (SSSR count). The van der Waals surface area contributed by atoms with E-state index in [0.29, 0.717) is 24.0 Å². The summed E-state index contributed by atoms with van der Waals surface area (Å²) in [6.45, 7) is 3.74. The Morgan fingerprint density at radius 3 is 2.42 bits per heavy atom. The van der Waals surface area contributed by atoms with E-state index in [9.17, 15) is 5.11 Å². The van der Waals surface area contributed by atoms with Gasteiger partial charge in [-0.1, -0.05) is 18.9 Å². The number of piperidine rings is 1. The Morgan fingerprint density at radius 2 is 1.77 bits per heavy atom. The lowest BCUT2D eigenvalue weighted by Crippen LogP contribution is -2.47. The van der Waals surface area contributed by atoms with Gasteiger partial charge in [-0.15, -0.1) is 0 Å². The Hall–Kier alpha value is -2.42. The number of likely N-dealkylation sites (tertiary alicyclic amines) is 1. The maximum Gasteiger partial charge on any atom is 0.119 e. The summed E-state index contributed by atoms with van der Waals surface area (Å²) < 4.78 is 5.81. The zero-order valence-corrected chi connectivity index (χ0v) is 18.2. The number of hydrogen-bond acceptors (Lipinski definition) is 5. The molecule has 1 atom stereocenters. The van der Waals surface area contributed by atoms with Crippen molar-refractivity contribution >= 4 is 0 Å². The van der Waals surface area contributed by atoms with Crippen LogP contribution in [0, 0.1) is 23.2 Å². The predicted octanol–water partition coefficient (Wildman–Crippen LogP) is 4.51. The summed E-state index contributed by atoms with van der Waals surface area (Å²) in [5, 5.41) is 20.8. The Labute approximate surface area is 185 Å². The Morgan fingerprint density at radius 1 is 1.06 bits per heavy atom. The van der Waals surface area contributed by atoms with E-state index >= 15 is 0 Å². The average molecular weight is 420 g/mol. The first-order valence-corrected chi connectivity index (χ1v) is 11.7. The molecule has 0 amide bonds. The van der Waals surface area contributed by atoms with E-state index in [1.165, 1.54) is 12.8 Å². The molecule has 1 saturated heterocycles.